The third-order valence-corrected chi connectivity index (χ3v) is 7.59. The zero-order chi connectivity index (χ0) is 23.9. The highest BCUT2D eigenvalue weighted by Crippen LogP contribution is 2.29. The van der Waals surface area contributed by atoms with Crippen molar-refractivity contribution in [3.8, 4) is 0 Å². The van der Waals surface area contributed by atoms with E-state index in [4.69, 9.17) is 0 Å². The highest BCUT2D eigenvalue weighted by molar-refractivity contribution is 6.83. The van der Waals surface area contributed by atoms with Gasteiger partial charge in [0.1, 0.15) is 6.04 Å². The summed E-state index contributed by atoms with van der Waals surface area (Å²) < 4.78 is 0. The summed E-state index contributed by atoms with van der Waals surface area (Å²) in [6.07, 6.45) is 0.118. The van der Waals surface area contributed by atoms with Gasteiger partial charge >= 0.3 is 0 Å². The number of fused-ring (bicyclic) bond motifs is 1. The summed E-state index contributed by atoms with van der Waals surface area (Å²) in [5, 5.41) is 5.72. The molecular weight excluding hydrogens is 442 g/mol. The summed E-state index contributed by atoms with van der Waals surface area (Å²) in [4.78, 5) is 73.3. The van der Waals surface area contributed by atoms with Gasteiger partial charge in [0, 0.05) is 18.5 Å². The molecule has 33 heavy (non-hydrogen) atoms. The topological polar surface area (TPSA) is 133 Å². The molecule has 0 bridgehead atoms. The van der Waals surface area contributed by atoms with Crippen molar-refractivity contribution < 1.29 is 28.8 Å². The summed E-state index contributed by atoms with van der Waals surface area (Å²) in [7, 11) is -2.47. The number of piperidine rings is 1. The molecule has 0 spiro atoms. The van der Waals surface area contributed by atoms with E-state index in [1.54, 1.807) is 49.5 Å². The molecule has 2 aromatic rings. The SMILES string of the molecule is C[Si](C)(O)c1ccc(C(=O)NCc2cccc3c2C(=O)N(C2CCC(=O)NC2=O)C3=O)cc1. The van der Waals surface area contributed by atoms with Crippen LogP contribution in [0, 0.1) is 0 Å². The number of rotatable bonds is 5. The highest BCUT2D eigenvalue weighted by atomic mass is 28.4. The zero-order valence-corrected chi connectivity index (χ0v) is 19.2. The number of carbonyl (C=O) groups excluding carboxylic acids is 5. The molecule has 2 aliphatic heterocycles. The van der Waals surface area contributed by atoms with E-state index in [0.29, 0.717) is 11.1 Å². The summed E-state index contributed by atoms with van der Waals surface area (Å²) in [6, 6.07) is 10.4. The second-order valence-electron chi connectivity index (χ2n) is 8.61. The summed E-state index contributed by atoms with van der Waals surface area (Å²) in [5.74, 6) is -2.68. The first-order chi connectivity index (χ1) is 15.6. The molecule has 2 aliphatic rings. The first-order valence-electron chi connectivity index (χ1n) is 10.5. The van der Waals surface area contributed by atoms with Crippen molar-refractivity contribution in [1.82, 2.24) is 15.5 Å². The average Bonchev–Trinajstić information content (AvgIpc) is 3.02. The Balaban J connectivity index is 1.52. The molecule has 1 unspecified atom stereocenters. The molecule has 5 amide bonds. The van der Waals surface area contributed by atoms with E-state index in [-0.39, 0.29) is 36.4 Å². The van der Waals surface area contributed by atoms with Crippen molar-refractivity contribution >= 4 is 43.0 Å². The summed E-state index contributed by atoms with van der Waals surface area (Å²) in [6.45, 7) is 3.58. The number of amides is 5. The minimum atomic E-state index is -2.47. The van der Waals surface area contributed by atoms with Crippen LogP contribution < -0.4 is 15.8 Å². The van der Waals surface area contributed by atoms with Crippen LogP contribution in [-0.2, 0) is 16.1 Å². The van der Waals surface area contributed by atoms with Crippen LogP contribution >= 0.6 is 0 Å². The van der Waals surface area contributed by atoms with Gasteiger partial charge in [-0.2, -0.15) is 0 Å². The van der Waals surface area contributed by atoms with E-state index < -0.39 is 38.0 Å². The number of nitrogens with one attached hydrogen (secondary N) is 2. The Kier molecular flexibility index (Phi) is 5.72. The van der Waals surface area contributed by atoms with Gasteiger partial charge in [-0.25, -0.2) is 0 Å². The molecule has 170 valence electrons. The molecule has 1 saturated heterocycles. The van der Waals surface area contributed by atoms with Gasteiger partial charge in [0.2, 0.25) is 20.1 Å². The third kappa shape index (κ3) is 4.22. The van der Waals surface area contributed by atoms with E-state index >= 15 is 0 Å². The quantitative estimate of drug-likeness (QED) is 0.433. The van der Waals surface area contributed by atoms with Crippen molar-refractivity contribution in [2.75, 3.05) is 0 Å². The van der Waals surface area contributed by atoms with Crippen LogP contribution in [0.4, 0.5) is 0 Å². The molecule has 0 aliphatic carbocycles. The minimum Gasteiger partial charge on any atom is -0.428 e. The third-order valence-electron chi connectivity index (χ3n) is 5.85. The Hall–Kier alpha value is -3.63. The second-order valence-corrected chi connectivity index (χ2v) is 12.3. The smallest absolute Gasteiger partial charge is 0.262 e. The Labute approximate surface area is 190 Å². The Morgan fingerprint density at radius 3 is 2.42 bits per heavy atom. The van der Waals surface area contributed by atoms with Crippen molar-refractivity contribution in [1.29, 1.82) is 0 Å². The normalized spacial score (nSPS) is 18.3. The second kappa shape index (κ2) is 8.37. The lowest BCUT2D eigenvalue weighted by Crippen LogP contribution is -2.54. The van der Waals surface area contributed by atoms with Gasteiger partial charge in [0.15, 0.2) is 0 Å². The molecule has 1 atom stereocenters. The maximum atomic E-state index is 13.1. The Morgan fingerprint density at radius 2 is 1.79 bits per heavy atom. The van der Waals surface area contributed by atoms with Crippen LogP contribution in [0.15, 0.2) is 42.5 Å². The monoisotopic (exact) mass is 465 g/mol. The standard InChI is InChI=1S/C23H23N3O6Si/c1-33(2,32)15-8-6-13(7-9-15)20(28)24-12-14-4-3-5-16-19(14)23(31)26(22(16)30)17-10-11-18(27)25-21(17)29/h3-9,17,32H,10-12H2,1-2H3,(H,24,28)(H,25,27,29). The number of imide groups is 2. The zero-order valence-electron chi connectivity index (χ0n) is 18.2. The molecule has 9 nitrogen and oxygen atoms in total. The molecule has 1 fully saturated rings. The molecule has 0 saturated carbocycles. The van der Waals surface area contributed by atoms with E-state index in [9.17, 15) is 28.8 Å². The number of nitrogens with zero attached hydrogens (tertiary/aromatic N) is 1. The molecule has 2 heterocycles. The first kappa shape index (κ1) is 22.6. The Morgan fingerprint density at radius 1 is 1.09 bits per heavy atom. The predicted octanol–water partition coefficient (Wildman–Crippen LogP) is 0.422. The van der Waals surface area contributed by atoms with Crippen LogP contribution in [-0.4, -0.2) is 53.6 Å². The van der Waals surface area contributed by atoms with Crippen molar-refractivity contribution in [3.63, 3.8) is 0 Å². The van der Waals surface area contributed by atoms with Gasteiger partial charge in [-0.3, -0.25) is 34.2 Å². The van der Waals surface area contributed by atoms with Crippen LogP contribution in [0.1, 0.15) is 49.5 Å². The molecule has 0 aromatic heterocycles. The van der Waals surface area contributed by atoms with E-state index in [1.807, 2.05) is 0 Å². The first-order valence-corrected chi connectivity index (χ1v) is 13.5. The lowest BCUT2D eigenvalue weighted by Gasteiger charge is -2.27. The van der Waals surface area contributed by atoms with Gasteiger partial charge in [-0.1, -0.05) is 24.3 Å². The van der Waals surface area contributed by atoms with Crippen LogP contribution in [0.25, 0.3) is 0 Å². The van der Waals surface area contributed by atoms with E-state index in [2.05, 4.69) is 10.6 Å². The molecule has 2 aromatic carbocycles. The van der Waals surface area contributed by atoms with Gasteiger partial charge < -0.3 is 10.1 Å². The maximum Gasteiger partial charge on any atom is 0.262 e. The molecule has 0 radical (unpaired) electrons. The van der Waals surface area contributed by atoms with Gasteiger partial charge in [0.25, 0.3) is 17.7 Å². The molecular formula is C23H23N3O6Si. The largest absolute Gasteiger partial charge is 0.428 e. The summed E-state index contributed by atoms with van der Waals surface area (Å²) >= 11 is 0. The lowest BCUT2D eigenvalue weighted by atomic mass is 10.0. The highest BCUT2D eigenvalue weighted by Gasteiger charge is 2.45. The molecule has 10 heteroatoms. The maximum absolute atomic E-state index is 13.1. The molecule has 3 N–H and O–H groups in total. The molecule has 4 rings (SSSR count). The number of hydrogen-bond acceptors (Lipinski definition) is 6. The van der Waals surface area contributed by atoms with Crippen LogP contribution in [0.5, 0.6) is 0 Å². The van der Waals surface area contributed by atoms with Gasteiger partial charge in [0.05, 0.1) is 11.1 Å². The van der Waals surface area contributed by atoms with E-state index in [0.717, 1.165) is 10.1 Å². The Bertz CT molecular complexity index is 1190. The number of hydrogen-bond donors (Lipinski definition) is 3. The van der Waals surface area contributed by atoms with Crippen molar-refractivity contribution in [2.24, 2.45) is 0 Å². The van der Waals surface area contributed by atoms with Crippen LogP contribution in [0.3, 0.4) is 0 Å². The average molecular weight is 466 g/mol. The fraction of sp³-hybridized carbons (Fsp3) is 0.261. The van der Waals surface area contributed by atoms with E-state index in [1.165, 1.54) is 6.07 Å². The number of carbonyl (C=O) groups is 5. The van der Waals surface area contributed by atoms with Crippen molar-refractivity contribution in [3.05, 3.63) is 64.7 Å². The summed E-state index contributed by atoms with van der Waals surface area (Å²) in [5.41, 5.74) is 1.17. The number of benzene rings is 2. The fourth-order valence-electron chi connectivity index (χ4n) is 4.04. The lowest BCUT2D eigenvalue weighted by molar-refractivity contribution is -0.136. The van der Waals surface area contributed by atoms with Gasteiger partial charge in [-0.15, -0.1) is 0 Å². The van der Waals surface area contributed by atoms with Crippen molar-refractivity contribution in [2.45, 2.75) is 38.5 Å². The predicted molar refractivity (Wildman–Crippen MR) is 120 cm³/mol. The fourth-order valence-corrected chi connectivity index (χ4v) is 5.02. The van der Waals surface area contributed by atoms with Gasteiger partial charge in [-0.05, 0) is 48.5 Å². The minimum absolute atomic E-state index is 0.00616. The van der Waals surface area contributed by atoms with Crippen LogP contribution in [0.2, 0.25) is 13.1 Å².